The molecule has 0 bridgehead atoms. The van der Waals surface area contributed by atoms with Crippen LogP contribution in [-0.2, 0) is 6.42 Å². The number of hydrogen-bond acceptors (Lipinski definition) is 4. The Bertz CT molecular complexity index is 1360. The van der Waals surface area contributed by atoms with Crippen LogP contribution in [0.3, 0.4) is 0 Å². The minimum Gasteiger partial charge on any atom is -0.454 e. The molecule has 0 aromatic heterocycles. The topological polar surface area (TPSA) is 71.6 Å². The molecule has 1 aliphatic carbocycles. The first-order valence-electron chi connectivity index (χ1n) is 12.0. The molecule has 3 aromatic carbocycles. The van der Waals surface area contributed by atoms with Gasteiger partial charge in [0, 0.05) is 31.9 Å². The van der Waals surface area contributed by atoms with E-state index in [2.05, 4.69) is 90.9 Å². The number of urea groups is 1. The summed E-state index contributed by atoms with van der Waals surface area (Å²) < 4.78 is 13.3. The second kappa shape index (κ2) is 9.97. The van der Waals surface area contributed by atoms with Crippen molar-refractivity contribution in [3.05, 3.63) is 91.5 Å². The van der Waals surface area contributed by atoms with Crippen LogP contribution in [0.4, 0.5) is 16.2 Å². The van der Waals surface area contributed by atoms with Crippen LogP contribution in [0.25, 0.3) is 0 Å². The molecular formula is C28H25BrIN3O3. The average molecular weight is 656 g/mol. The van der Waals surface area contributed by atoms with Gasteiger partial charge in [0.2, 0.25) is 6.79 Å². The number of rotatable bonds is 5. The number of nitrogens with one attached hydrogen (secondary N) is 3. The van der Waals surface area contributed by atoms with Crippen LogP contribution >= 0.6 is 38.5 Å². The van der Waals surface area contributed by atoms with E-state index in [0.29, 0.717) is 18.4 Å². The summed E-state index contributed by atoms with van der Waals surface area (Å²) in [5.41, 5.74) is 5.68. The van der Waals surface area contributed by atoms with Gasteiger partial charge < -0.3 is 25.4 Å². The predicted molar refractivity (Wildman–Crippen MR) is 153 cm³/mol. The van der Waals surface area contributed by atoms with E-state index in [0.717, 1.165) is 43.8 Å². The second-order valence-electron chi connectivity index (χ2n) is 9.27. The molecule has 3 aliphatic rings. The number of ether oxygens (including phenoxy) is 2. The predicted octanol–water partition coefficient (Wildman–Crippen LogP) is 6.97. The molecule has 0 radical (unpaired) electrons. The molecular weight excluding hydrogens is 631 g/mol. The fourth-order valence-electron chi connectivity index (χ4n) is 5.34. The molecule has 2 aliphatic heterocycles. The molecule has 3 atom stereocenters. The van der Waals surface area contributed by atoms with E-state index in [4.69, 9.17) is 9.47 Å². The van der Waals surface area contributed by atoms with Crippen LogP contribution in [0.5, 0.6) is 11.5 Å². The maximum Gasteiger partial charge on any atom is 0.319 e. The standard InChI is InChI=1S/C28H25BrIN3O3/c29-23-14-26-25(35-15-36-26)13-22(23)27-20-6-2-5-19(20)21-11-16(7-8-24(21)33-27)9-10-31-28(34)32-18-4-1-3-17(30)12-18/h1-5,7-8,11-14,19-20,27,33H,6,9-10,15H2,(H2,31,32,34)/t19-,20+,27-/m1/s1/i30-2. The second-order valence-corrected chi connectivity index (χ2v) is 11.4. The maximum atomic E-state index is 12.3. The minimum atomic E-state index is -0.187. The molecule has 0 saturated heterocycles. The quantitative estimate of drug-likeness (QED) is 0.205. The lowest BCUT2D eigenvalue weighted by Crippen LogP contribution is -2.31. The van der Waals surface area contributed by atoms with Crippen molar-refractivity contribution < 1.29 is 14.3 Å². The Morgan fingerprint density at radius 3 is 2.81 bits per heavy atom. The third-order valence-electron chi connectivity index (χ3n) is 7.04. The number of anilines is 2. The van der Waals surface area contributed by atoms with Crippen LogP contribution in [0.2, 0.25) is 0 Å². The van der Waals surface area contributed by atoms with Gasteiger partial charge >= 0.3 is 6.03 Å². The minimum absolute atomic E-state index is 0.165. The summed E-state index contributed by atoms with van der Waals surface area (Å²) in [4.78, 5) is 12.3. The van der Waals surface area contributed by atoms with E-state index in [9.17, 15) is 4.79 Å². The van der Waals surface area contributed by atoms with E-state index in [1.54, 1.807) is 0 Å². The molecule has 6 rings (SSSR count). The van der Waals surface area contributed by atoms with Gasteiger partial charge in [0.25, 0.3) is 0 Å². The zero-order valence-electron chi connectivity index (χ0n) is 19.4. The highest BCUT2D eigenvalue weighted by molar-refractivity contribution is 14.1. The lowest BCUT2D eigenvalue weighted by molar-refractivity contribution is 0.174. The molecule has 0 spiro atoms. The fourth-order valence-corrected chi connectivity index (χ4v) is 6.45. The van der Waals surface area contributed by atoms with E-state index < -0.39 is 0 Å². The van der Waals surface area contributed by atoms with E-state index >= 15 is 0 Å². The molecule has 3 N–H and O–H groups in total. The van der Waals surface area contributed by atoms with Gasteiger partial charge in [-0.1, -0.05) is 46.3 Å². The van der Waals surface area contributed by atoms with Crippen molar-refractivity contribution in [1.29, 1.82) is 0 Å². The Morgan fingerprint density at radius 2 is 1.94 bits per heavy atom. The van der Waals surface area contributed by atoms with Gasteiger partial charge in [-0.3, -0.25) is 0 Å². The third-order valence-corrected chi connectivity index (χ3v) is 8.39. The van der Waals surface area contributed by atoms with Crippen molar-refractivity contribution in [3.63, 3.8) is 0 Å². The molecule has 6 nitrogen and oxygen atoms in total. The smallest absolute Gasteiger partial charge is 0.319 e. The highest BCUT2D eigenvalue weighted by Crippen LogP contribution is 2.52. The molecule has 2 heterocycles. The van der Waals surface area contributed by atoms with Crippen LogP contribution in [0.15, 0.2) is 71.2 Å². The van der Waals surface area contributed by atoms with E-state index in [-0.39, 0.29) is 18.9 Å². The lowest BCUT2D eigenvalue weighted by Gasteiger charge is -2.38. The Hall–Kier alpha value is -2.72. The average Bonchev–Trinajstić information content (AvgIpc) is 3.53. The van der Waals surface area contributed by atoms with Crippen LogP contribution in [0, 0.1) is 9.49 Å². The Morgan fingerprint density at radius 1 is 1.08 bits per heavy atom. The normalized spacial score (nSPS) is 20.9. The van der Waals surface area contributed by atoms with Gasteiger partial charge in [0.05, 0.1) is 6.04 Å². The number of hydrogen-bond donors (Lipinski definition) is 3. The number of fused-ring (bicyclic) bond motifs is 4. The first-order valence-corrected chi connectivity index (χ1v) is 13.9. The van der Waals surface area contributed by atoms with Gasteiger partial charge in [-0.2, -0.15) is 0 Å². The zero-order chi connectivity index (χ0) is 24.6. The van der Waals surface area contributed by atoms with Crippen molar-refractivity contribution in [2.45, 2.75) is 24.8 Å². The summed E-state index contributed by atoms with van der Waals surface area (Å²) in [6, 6.07) is 18.5. The largest absolute Gasteiger partial charge is 0.454 e. The number of carbonyl (C=O) groups is 1. The fraction of sp³-hybridized carbons (Fsp3) is 0.250. The number of carbonyl (C=O) groups excluding carboxylic acids is 1. The number of halogens is 2. The monoisotopic (exact) mass is 655 g/mol. The van der Waals surface area contributed by atoms with E-state index in [1.807, 2.05) is 30.3 Å². The molecule has 0 fully saturated rings. The highest BCUT2D eigenvalue weighted by Gasteiger charge is 2.39. The summed E-state index contributed by atoms with van der Waals surface area (Å²) in [7, 11) is 0. The van der Waals surface area contributed by atoms with Crippen molar-refractivity contribution in [2.75, 3.05) is 24.0 Å². The van der Waals surface area contributed by atoms with Gasteiger partial charge in [-0.15, -0.1) is 0 Å². The third kappa shape index (κ3) is 4.68. The zero-order valence-corrected chi connectivity index (χ0v) is 23.1. The number of benzene rings is 3. The molecule has 184 valence electrons. The van der Waals surface area contributed by atoms with E-state index in [1.165, 1.54) is 16.7 Å². The van der Waals surface area contributed by atoms with Crippen molar-refractivity contribution in [2.24, 2.45) is 5.92 Å². The summed E-state index contributed by atoms with van der Waals surface area (Å²) >= 11 is 6.00. The first kappa shape index (κ1) is 23.7. The van der Waals surface area contributed by atoms with Gasteiger partial charge in [-0.25, -0.2) is 4.79 Å². The molecule has 8 heteroatoms. The highest BCUT2D eigenvalue weighted by atomic mass is 125. The Labute approximate surface area is 232 Å². The number of allylic oxidation sites excluding steroid dienone is 2. The lowest BCUT2D eigenvalue weighted by atomic mass is 9.76. The Balaban J connectivity index is 1.15. The van der Waals surface area contributed by atoms with Crippen LogP contribution in [0.1, 0.15) is 35.1 Å². The van der Waals surface area contributed by atoms with Crippen molar-refractivity contribution in [3.8, 4) is 11.5 Å². The van der Waals surface area contributed by atoms with Crippen LogP contribution in [-0.4, -0.2) is 19.4 Å². The van der Waals surface area contributed by atoms with Gasteiger partial charge in [-0.05, 0) is 94.4 Å². The molecule has 36 heavy (non-hydrogen) atoms. The molecule has 3 aromatic rings. The SMILES string of the molecule is O=C(NCCc1ccc2c(c1)[C@@H]1C=CC[C@@H]1[C@H](c1cc3c(cc1Br)OCO3)N2)Nc1cccc([125I])c1. The number of amides is 2. The van der Waals surface area contributed by atoms with Gasteiger partial charge in [0.15, 0.2) is 11.5 Å². The van der Waals surface area contributed by atoms with Gasteiger partial charge in [0.1, 0.15) is 0 Å². The Kier molecular flexibility index (Phi) is 6.55. The maximum absolute atomic E-state index is 12.3. The molecule has 0 saturated carbocycles. The van der Waals surface area contributed by atoms with Crippen LogP contribution < -0.4 is 25.4 Å². The summed E-state index contributed by atoms with van der Waals surface area (Å²) in [6.45, 7) is 0.837. The first-order chi connectivity index (χ1) is 17.5. The van der Waals surface area contributed by atoms with Crippen molar-refractivity contribution >= 4 is 55.9 Å². The molecule has 2 amide bonds. The van der Waals surface area contributed by atoms with Crippen molar-refractivity contribution in [1.82, 2.24) is 5.32 Å². The summed E-state index contributed by atoms with van der Waals surface area (Å²) in [5.74, 6) is 2.35. The molecule has 0 unspecified atom stereocenters. The summed E-state index contributed by atoms with van der Waals surface area (Å²) in [5, 5.41) is 9.67. The summed E-state index contributed by atoms with van der Waals surface area (Å²) in [6.07, 6.45) is 6.43.